The van der Waals surface area contributed by atoms with Gasteiger partial charge in [-0.05, 0) is 112 Å². The standard InChI is InChI=1S/C8H19N.C7H17N.C6H16N2.C6H13N.C4H10N2/c1-4-6-8-9(3)7-5-2;1-3-5-7-8-6-4-2;1-3-5-8(2)6-4-7;1-7-5-3-2-4-6-7;1-2-6-4-3-5-1/h4-8H2,1-3H3;8H,3-7H2,1-2H3;3-7H2,1-2H3;2-6H2,1H3;5-6H,1-4H2. The van der Waals surface area contributed by atoms with Crippen LogP contribution in [0, 0.1) is 0 Å². The van der Waals surface area contributed by atoms with Crippen molar-refractivity contribution in [2.24, 2.45) is 5.73 Å². The topological polar surface area (TPSA) is 71.8 Å². The molecule has 2 fully saturated rings. The highest BCUT2D eigenvalue weighted by Crippen LogP contribution is 2.04. The summed E-state index contributed by atoms with van der Waals surface area (Å²) < 4.78 is 0. The predicted molar refractivity (Wildman–Crippen MR) is 175 cm³/mol. The summed E-state index contributed by atoms with van der Waals surface area (Å²) in [6, 6.07) is 0. The normalized spacial score (nSPS) is 15.2. The second kappa shape index (κ2) is 38.9. The van der Waals surface area contributed by atoms with Crippen molar-refractivity contribution in [3.8, 4) is 0 Å². The summed E-state index contributed by atoms with van der Waals surface area (Å²) in [4.78, 5) is 7.02. The summed E-state index contributed by atoms with van der Waals surface area (Å²) in [6.45, 7) is 26.1. The molecule has 0 atom stereocenters. The lowest BCUT2D eigenvalue weighted by molar-refractivity contribution is 0.277. The van der Waals surface area contributed by atoms with Crippen molar-refractivity contribution >= 4 is 0 Å². The third-order valence-corrected chi connectivity index (χ3v) is 6.29. The Morgan fingerprint density at radius 3 is 1.47 bits per heavy atom. The monoisotopic (exact) mass is 546 g/mol. The third kappa shape index (κ3) is 42.8. The van der Waals surface area contributed by atoms with Crippen molar-refractivity contribution in [2.75, 3.05) is 106 Å². The van der Waals surface area contributed by atoms with Crippen LogP contribution in [0.15, 0.2) is 0 Å². The maximum atomic E-state index is 5.32. The Hall–Kier alpha value is -0.280. The van der Waals surface area contributed by atoms with Crippen LogP contribution in [-0.2, 0) is 0 Å². The van der Waals surface area contributed by atoms with Gasteiger partial charge in [0.25, 0.3) is 0 Å². The molecule has 2 rings (SSSR count). The fourth-order valence-electron chi connectivity index (χ4n) is 3.89. The zero-order valence-corrected chi connectivity index (χ0v) is 27.7. The highest BCUT2D eigenvalue weighted by Gasteiger charge is 2.02. The highest BCUT2D eigenvalue weighted by molar-refractivity contribution is 4.59. The van der Waals surface area contributed by atoms with Crippen LogP contribution in [0.1, 0.15) is 98.8 Å². The quantitative estimate of drug-likeness (QED) is 0.240. The van der Waals surface area contributed by atoms with E-state index < -0.39 is 0 Å². The first-order valence-electron chi connectivity index (χ1n) is 16.3. The lowest BCUT2D eigenvalue weighted by Crippen LogP contribution is -2.39. The van der Waals surface area contributed by atoms with Gasteiger partial charge in [-0.25, -0.2) is 0 Å². The van der Waals surface area contributed by atoms with Gasteiger partial charge in [-0.1, -0.05) is 53.9 Å². The van der Waals surface area contributed by atoms with Crippen LogP contribution in [0.3, 0.4) is 0 Å². The van der Waals surface area contributed by atoms with Crippen LogP contribution in [0.5, 0.6) is 0 Å². The maximum Gasteiger partial charge on any atom is 0.0102 e. The zero-order valence-electron chi connectivity index (χ0n) is 27.7. The Kier molecular flexibility index (Phi) is 43.2. The molecule has 0 aliphatic carbocycles. The van der Waals surface area contributed by atoms with E-state index in [-0.39, 0.29) is 0 Å². The SMILES string of the molecule is C1CNCCN1.CCCCN(C)CCC.CCCCNCCC.CCCN(C)CCN.CN1CCCCC1. The van der Waals surface area contributed by atoms with Crippen LogP contribution in [0.4, 0.5) is 0 Å². The Bertz CT molecular complexity index is 352. The van der Waals surface area contributed by atoms with Gasteiger partial charge in [0.2, 0.25) is 0 Å². The summed E-state index contributed by atoms with van der Waals surface area (Å²) in [5, 5.41) is 9.78. The molecule has 2 heterocycles. The molecule has 0 aromatic rings. The molecule has 0 aromatic carbocycles. The molecule has 0 saturated carbocycles. The Morgan fingerprint density at radius 1 is 0.632 bits per heavy atom. The first-order valence-corrected chi connectivity index (χ1v) is 16.3. The van der Waals surface area contributed by atoms with Gasteiger partial charge in [0.05, 0.1) is 0 Å². The number of likely N-dealkylation sites (N-methyl/N-ethyl adjacent to an activating group) is 1. The molecule has 2 saturated heterocycles. The zero-order chi connectivity index (χ0) is 29.1. The second-order valence-corrected chi connectivity index (χ2v) is 10.7. The smallest absolute Gasteiger partial charge is 0.0102 e. The van der Waals surface area contributed by atoms with Gasteiger partial charge in [-0.2, -0.15) is 0 Å². The molecule has 2 aliphatic heterocycles. The molecule has 38 heavy (non-hydrogen) atoms. The largest absolute Gasteiger partial charge is 0.329 e. The summed E-state index contributed by atoms with van der Waals surface area (Å²) in [5.74, 6) is 0. The van der Waals surface area contributed by atoms with E-state index in [0.717, 1.165) is 45.8 Å². The minimum atomic E-state index is 0.774. The van der Waals surface area contributed by atoms with Crippen LogP contribution in [0.2, 0.25) is 0 Å². The minimum absolute atomic E-state index is 0.774. The van der Waals surface area contributed by atoms with E-state index in [0.29, 0.717) is 0 Å². The van der Waals surface area contributed by atoms with Crippen molar-refractivity contribution in [2.45, 2.75) is 98.8 Å². The van der Waals surface area contributed by atoms with Crippen molar-refractivity contribution in [3.63, 3.8) is 0 Å². The van der Waals surface area contributed by atoms with Crippen LogP contribution in [0.25, 0.3) is 0 Å². The highest BCUT2D eigenvalue weighted by atomic mass is 15.1. The molecule has 7 nitrogen and oxygen atoms in total. The second-order valence-electron chi connectivity index (χ2n) is 10.7. The molecule has 0 bridgehead atoms. The van der Waals surface area contributed by atoms with Gasteiger partial charge in [0, 0.05) is 39.3 Å². The fourth-order valence-corrected chi connectivity index (χ4v) is 3.89. The number of rotatable bonds is 14. The van der Waals surface area contributed by atoms with Crippen LogP contribution in [-0.4, -0.2) is 121 Å². The van der Waals surface area contributed by atoms with E-state index in [2.05, 4.69) is 86.4 Å². The van der Waals surface area contributed by atoms with E-state index in [1.54, 1.807) is 0 Å². The summed E-state index contributed by atoms with van der Waals surface area (Å²) in [6.07, 6.45) is 13.3. The molecule has 0 spiro atoms. The fraction of sp³-hybridized carbons (Fsp3) is 1.00. The predicted octanol–water partition coefficient (Wildman–Crippen LogP) is 4.48. The van der Waals surface area contributed by atoms with Gasteiger partial charge in [-0.15, -0.1) is 0 Å². The van der Waals surface area contributed by atoms with E-state index in [1.165, 1.54) is 103 Å². The van der Waals surface area contributed by atoms with E-state index in [4.69, 9.17) is 5.73 Å². The molecule has 5 N–H and O–H groups in total. The Balaban J connectivity index is -0.000000405. The van der Waals surface area contributed by atoms with Crippen molar-refractivity contribution in [3.05, 3.63) is 0 Å². The maximum absolute atomic E-state index is 5.32. The molecule has 0 radical (unpaired) electrons. The van der Waals surface area contributed by atoms with Crippen LogP contribution >= 0.6 is 0 Å². The van der Waals surface area contributed by atoms with Gasteiger partial charge in [0.1, 0.15) is 0 Å². The lowest BCUT2D eigenvalue weighted by Gasteiger charge is -2.20. The Labute approximate surface area is 241 Å². The first-order chi connectivity index (χ1) is 18.4. The molecular formula is C31H75N7. The number of likely N-dealkylation sites (tertiary alicyclic amines) is 1. The molecular weight excluding hydrogens is 470 g/mol. The summed E-state index contributed by atoms with van der Waals surface area (Å²) in [7, 11) is 6.48. The number of nitrogens with zero attached hydrogens (tertiary/aromatic N) is 3. The number of hydrogen-bond donors (Lipinski definition) is 4. The molecule has 0 aromatic heterocycles. The molecule has 0 amide bonds. The molecule has 234 valence electrons. The molecule has 7 heteroatoms. The van der Waals surface area contributed by atoms with Gasteiger partial charge >= 0.3 is 0 Å². The summed E-state index contributed by atoms with van der Waals surface area (Å²) in [5.41, 5.74) is 5.32. The number of unbranched alkanes of at least 4 members (excludes halogenated alkanes) is 2. The number of nitrogens with two attached hydrogens (primary N) is 1. The van der Waals surface area contributed by atoms with Crippen molar-refractivity contribution in [1.29, 1.82) is 0 Å². The molecule has 2 aliphatic rings. The van der Waals surface area contributed by atoms with Crippen LogP contribution < -0.4 is 21.7 Å². The van der Waals surface area contributed by atoms with Crippen molar-refractivity contribution in [1.82, 2.24) is 30.7 Å². The average Bonchev–Trinajstić information content (AvgIpc) is 2.93. The molecule has 0 unspecified atom stereocenters. The number of piperazine rings is 1. The van der Waals surface area contributed by atoms with E-state index >= 15 is 0 Å². The van der Waals surface area contributed by atoms with E-state index in [9.17, 15) is 0 Å². The van der Waals surface area contributed by atoms with Gasteiger partial charge in [-0.3, -0.25) is 0 Å². The first kappa shape index (κ1) is 42.2. The van der Waals surface area contributed by atoms with Gasteiger partial charge < -0.3 is 36.4 Å². The summed E-state index contributed by atoms with van der Waals surface area (Å²) >= 11 is 0. The van der Waals surface area contributed by atoms with Gasteiger partial charge in [0.15, 0.2) is 0 Å². The third-order valence-electron chi connectivity index (χ3n) is 6.29. The number of piperidine rings is 1. The lowest BCUT2D eigenvalue weighted by atomic mass is 10.1. The minimum Gasteiger partial charge on any atom is -0.329 e. The van der Waals surface area contributed by atoms with E-state index in [1.807, 2.05) is 0 Å². The Morgan fingerprint density at radius 2 is 1.13 bits per heavy atom. The van der Waals surface area contributed by atoms with Crippen molar-refractivity contribution < 1.29 is 0 Å². The average molecular weight is 546 g/mol. The number of hydrogen-bond acceptors (Lipinski definition) is 7. The number of nitrogens with one attached hydrogen (secondary N) is 3.